The van der Waals surface area contributed by atoms with Gasteiger partial charge in [-0.05, 0) is 18.2 Å². The maximum Gasteiger partial charge on any atom is 0.310 e. The van der Waals surface area contributed by atoms with Crippen molar-refractivity contribution in [2.45, 2.75) is 6.42 Å². The molecule has 1 aromatic heterocycles. The fraction of sp³-hybridized carbons (Fsp3) is 0.250. The highest BCUT2D eigenvalue weighted by Gasteiger charge is 2.11. The van der Waals surface area contributed by atoms with Gasteiger partial charge < -0.3 is 14.8 Å². The zero-order valence-electron chi connectivity index (χ0n) is 12.5. The minimum atomic E-state index is -0.380. The number of benzene rings is 1. The molecular formula is C16H16Cl2N2O3. The highest BCUT2D eigenvalue weighted by Crippen LogP contribution is 2.24. The number of nitrogens with zero attached hydrogens (tertiary/aromatic N) is 1. The summed E-state index contributed by atoms with van der Waals surface area (Å²) in [6, 6.07) is 8.68. The summed E-state index contributed by atoms with van der Waals surface area (Å²) in [6.07, 6.45) is 1.69. The summed E-state index contributed by atoms with van der Waals surface area (Å²) in [6.45, 7) is 0.697. The van der Waals surface area contributed by atoms with Crippen molar-refractivity contribution in [3.8, 4) is 5.88 Å². The van der Waals surface area contributed by atoms with E-state index in [-0.39, 0.29) is 19.0 Å². The van der Waals surface area contributed by atoms with Crippen LogP contribution in [0, 0.1) is 0 Å². The molecule has 2 aromatic rings. The van der Waals surface area contributed by atoms with Crippen molar-refractivity contribution >= 4 is 34.9 Å². The molecule has 1 heterocycles. The van der Waals surface area contributed by atoms with Gasteiger partial charge in [-0.2, -0.15) is 0 Å². The number of hydrogen-bond donors (Lipinski definition) is 1. The molecule has 2 rings (SSSR count). The van der Waals surface area contributed by atoms with Gasteiger partial charge in [-0.1, -0.05) is 29.3 Å². The molecule has 0 aliphatic heterocycles. The van der Waals surface area contributed by atoms with Crippen molar-refractivity contribution < 1.29 is 14.3 Å². The number of carbonyl (C=O) groups excluding carboxylic acids is 1. The fourth-order valence-electron chi connectivity index (χ4n) is 1.86. The summed E-state index contributed by atoms with van der Waals surface area (Å²) in [5.74, 6) is 0.160. The number of hydrogen-bond acceptors (Lipinski definition) is 5. The number of pyridine rings is 1. The molecule has 5 nitrogen and oxygen atoms in total. The van der Waals surface area contributed by atoms with Gasteiger partial charge in [-0.25, -0.2) is 4.98 Å². The Bertz CT molecular complexity index is 643. The quantitative estimate of drug-likeness (QED) is 0.608. The van der Waals surface area contributed by atoms with Crippen LogP contribution >= 0.6 is 23.2 Å². The van der Waals surface area contributed by atoms with E-state index in [4.69, 9.17) is 32.7 Å². The van der Waals surface area contributed by atoms with Crippen LogP contribution in [0.3, 0.4) is 0 Å². The Hall–Kier alpha value is -1.98. The van der Waals surface area contributed by atoms with Gasteiger partial charge in [-0.3, -0.25) is 4.79 Å². The Morgan fingerprint density at radius 3 is 2.57 bits per heavy atom. The van der Waals surface area contributed by atoms with Gasteiger partial charge in [0.25, 0.3) is 0 Å². The first-order chi connectivity index (χ1) is 11.1. The highest BCUT2D eigenvalue weighted by molar-refractivity contribution is 6.36. The molecule has 122 valence electrons. The zero-order chi connectivity index (χ0) is 16.7. The van der Waals surface area contributed by atoms with Gasteiger partial charge in [0.05, 0.1) is 25.4 Å². The Morgan fingerprint density at radius 2 is 1.96 bits per heavy atom. The summed E-state index contributed by atoms with van der Waals surface area (Å²) in [5, 5.41) is 4.00. The number of methoxy groups -OCH3 is 1. The fourth-order valence-corrected chi connectivity index (χ4v) is 2.39. The van der Waals surface area contributed by atoms with Crippen molar-refractivity contribution in [3.05, 3.63) is 52.1 Å². The third-order valence-corrected chi connectivity index (χ3v) is 3.73. The molecular weight excluding hydrogens is 339 g/mol. The summed E-state index contributed by atoms with van der Waals surface area (Å²) in [7, 11) is 1.56. The van der Waals surface area contributed by atoms with Gasteiger partial charge in [0.2, 0.25) is 5.88 Å². The van der Waals surface area contributed by atoms with Crippen molar-refractivity contribution in [1.29, 1.82) is 0 Å². The molecule has 0 amide bonds. The second kappa shape index (κ2) is 8.60. The lowest BCUT2D eigenvalue weighted by molar-refractivity contribution is -0.142. The Labute approximate surface area is 144 Å². The summed E-state index contributed by atoms with van der Waals surface area (Å²) in [4.78, 5) is 15.9. The number of nitrogens with one attached hydrogen (secondary N) is 1. The number of anilines is 1. The molecule has 0 fully saturated rings. The Morgan fingerprint density at radius 1 is 1.22 bits per heavy atom. The van der Waals surface area contributed by atoms with Crippen LogP contribution in [0.4, 0.5) is 5.69 Å². The summed E-state index contributed by atoms with van der Waals surface area (Å²) >= 11 is 12.0. The van der Waals surface area contributed by atoms with Crippen molar-refractivity contribution in [2.24, 2.45) is 0 Å². The zero-order valence-corrected chi connectivity index (χ0v) is 14.0. The minimum absolute atomic E-state index is 0.0442. The smallest absolute Gasteiger partial charge is 0.310 e. The molecule has 0 spiro atoms. The molecule has 1 aromatic carbocycles. The van der Waals surface area contributed by atoms with Crippen LogP contribution in [0.2, 0.25) is 10.0 Å². The van der Waals surface area contributed by atoms with Crippen LogP contribution in [0.1, 0.15) is 5.56 Å². The van der Waals surface area contributed by atoms with Gasteiger partial charge in [0.15, 0.2) is 0 Å². The second-order valence-electron chi connectivity index (χ2n) is 4.61. The van der Waals surface area contributed by atoms with E-state index >= 15 is 0 Å². The van der Waals surface area contributed by atoms with Crippen molar-refractivity contribution in [1.82, 2.24) is 4.98 Å². The number of halogens is 2. The summed E-state index contributed by atoms with van der Waals surface area (Å²) in [5.41, 5.74) is 1.39. The van der Waals surface area contributed by atoms with Crippen LogP contribution in [0.25, 0.3) is 0 Å². The first kappa shape index (κ1) is 17.4. The van der Waals surface area contributed by atoms with E-state index in [1.807, 2.05) is 6.07 Å². The van der Waals surface area contributed by atoms with Crippen LogP contribution in [-0.4, -0.2) is 31.2 Å². The lowest BCUT2D eigenvalue weighted by Crippen LogP contribution is -2.15. The minimum Gasteiger partial charge on any atom is -0.481 e. The molecule has 7 heteroatoms. The van der Waals surface area contributed by atoms with Crippen LogP contribution in [-0.2, 0) is 16.0 Å². The molecule has 0 atom stereocenters. The van der Waals surface area contributed by atoms with Gasteiger partial charge >= 0.3 is 5.97 Å². The Kier molecular flexibility index (Phi) is 6.50. The van der Waals surface area contributed by atoms with E-state index in [1.165, 1.54) is 0 Å². The SMILES string of the molecule is COc1ccc(NCCOC(=O)Cc2c(Cl)cccc2Cl)cn1. The number of ether oxygens (including phenoxy) is 2. The summed E-state index contributed by atoms with van der Waals surface area (Å²) < 4.78 is 10.1. The van der Waals surface area contributed by atoms with E-state index in [2.05, 4.69) is 10.3 Å². The molecule has 0 unspecified atom stereocenters. The van der Waals surface area contributed by atoms with Gasteiger partial charge in [0, 0.05) is 28.2 Å². The van der Waals surface area contributed by atoms with Crippen LogP contribution in [0.15, 0.2) is 36.5 Å². The number of aromatic nitrogens is 1. The maximum absolute atomic E-state index is 11.8. The van der Waals surface area contributed by atoms with E-state index < -0.39 is 0 Å². The standard InChI is InChI=1S/C16H16Cl2N2O3/c1-22-15-6-5-11(10-20-15)19-7-8-23-16(21)9-12-13(17)3-2-4-14(12)18/h2-6,10,19H,7-9H2,1H3. The van der Waals surface area contributed by atoms with Crippen molar-refractivity contribution in [3.63, 3.8) is 0 Å². The maximum atomic E-state index is 11.8. The number of esters is 1. The number of carbonyl (C=O) groups is 1. The lowest BCUT2D eigenvalue weighted by Gasteiger charge is -2.09. The molecule has 0 radical (unpaired) electrons. The second-order valence-corrected chi connectivity index (χ2v) is 5.43. The molecule has 0 aliphatic rings. The molecule has 0 bridgehead atoms. The predicted octanol–water partition coefficient (Wildman–Crippen LogP) is 3.59. The third kappa shape index (κ3) is 5.30. The monoisotopic (exact) mass is 354 g/mol. The number of rotatable bonds is 7. The normalized spacial score (nSPS) is 10.2. The van der Waals surface area contributed by atoms with Crippen LogP contribution < -0.4 is 10.1 Å². The van der Waals surface area contributed by atoms with E-state index in [0.717, 1.165) is 5.69 Å². The first-order valence-corrected chi connectivity index (χ1v) is 7.68. The average molecular weight is 355 g/mol. The van der Waals surface area contributed by atoms with Gasteiger partial charge in [-0.15, -0.1) is 0 Å². The largest absolute Gasteiger partial charge is 0.481 e. The average Bonchev–Trinajstić information content (AvgIpc) is 2.56. The highest BCUT2D eigenvalue weighted by atomic mass is 35.5. The van der Waals surface area contributed by atoms with Crippen LogP contribution in [0.5, 0.6) is 5.88 Å². The lowest BCUT2D eigenvalue weighted by atomic mass is 10.1. The molecule has 0 saturated carbocycles. The Balaban J connectivity index is 1.74. The van der Waals surface area contributed by atoms with E-state index in [0.29, 0.717) is 28.0 Å². The first-order valence-electron chi connectivity index (χ1n) is 6.92. The topological polar surface area (TPSA) is 60.5 Å². The van der Waals surface area contributed by atoms with E-state index in [1.54, 1.807) is 37.6 Å². The molecule has 23 heavy (non-hydrogen) atoms. The molecule has 1 N–H and O–H groups in total. The van der Waals surface area contributed by atoms with Gasteiger partial charge in [0.1, 0.15) is 6.61 Å². The van der Waals surface area contributed by atoms with E-state index in [9.17, 15) is 4.79 Å². The van der Waals surface area contributed by atoms with Crippen molar-refractivity contribution in [2.75, 3.05) is 25.6 Å². The molecule has 0 aliphatic carbocycles. The predicted molar refractivity (Wildman–Crippen MR) is 90.4 cm³/mol. The third-order valence-electron chi connectivity index (χ3n) is 3.02. The molecule has 0 saturated heterocycles.